The first-order valence-corrected chi connectivity index (χ1v) is 11.9. The van der Waals surface area contributed by atoms with Crippen molar-refractivity contribution in [3.8, 4) is 21.8 Å². The first-order chi connectivity index (χ1) is 14.6. The Morgan fingerprint density at radius 3 is 2.60 bits per heavy atom. The van der Waals surface area contributed by atoms with Crippen LogP contribution in [0.25, 0.3) is 21.8 Å². The van der Waals surface area contributed by atoms with Gasteiger partial charge in [-0.05, 0) is 70.1 Å². The van der Waals surface area contributed by atoms with Crippen LogP contribution in [-0.4, -0.2) is 46.0 Å². The normalized spacial score (nSPS) is 18.0. The number of likely N-dealkylation sites (tertiary alicyclic amines) is 1. The summed E-state index contributed by atoms with van der Waals surface area (Å²) in [5.74, 6) is 1.15. The maximum absolute atomic E-state index is 6.57. The third-order valence-corrected chi connectivity index (χ3v) is 7.48. The molecule has 2 fully saturated rings. The number of aromatic nitrogens is 3. The second-order valence-corrected chi connectivity index (χ2v) is 9.99. The van der Waals surface area contributed by atoms with Gasteiger partial charge in [0, 0.05) is 28.7 Å². The van der Waals surface area contributed by atoms with E-state index >= 15 is 0 Å². The molecule has 1 aliphatic heterocycles. The van der Waals surface area contributed by atoms with Gasteiger partial charge in [-0.1, -0.05) is 23.2 Å². The van der Waals surface area contributed by atoms with Crippen molar-refractivity contribution in [2.75, 3.05) is 25.5 Å². The molecule has 0 amide bonds. The molecular weight excluding hydrogens is 437 g/mol. The van der Waals surface area contributed by atoms with Gasteiger partial charge in [-0.25, -0.2) is 15.0 Å². The summed E-state index contributed by atoms with van der Waals surface area (Å²) < 4.78 is 0. The Bertz CT molecular complexity index is 1060. The minimum atomic E-state index is 0.468. The lowest BCUT2D eigenvalue weighted by Crippen LogP contribution is -2.29. The van der Waals surface area contributed by atoms with Crippen LogP contribution in [0.1, 0.15) is 36.6 Å². The number of hydrogen-bond acceptors (Lipinski definition) is 6. The lowest BCUT2D eigenvalue weighted by atomic mass is 9.98. The predicted molar refractivity (Wildman–Crippen MR) is 125 cm³/mol. The number of nitrogens with one attached hydrogen (secondary N) is 1. The molecule has 1 saturated carbocycles. The maximum Gasteiger partial charge on any atom is 0.223 e. The van der Waals surface area contributed by atoms with Crippen molar-refractivity contribution in [2.24, 2.45) is 0 Å². The summed E-state index contributed by atoms with van der Waals surface area (Å²) >= 11 is 14.4. The number of piperidine rings is 1. The molecule has 0 radical (unpaired) electrons. The highest BCUT2D eigenvalue weighted by Gasteiger charge is 2.26. The van der Waals surface area contributed by atoms with Crippen LogP contribution in [0.5, 0.6) is 0 Å². The quantitative estimate of drug-likeness (QED) is 0.509. The van der Waals surface area contributed by atoms with Gasteiger partial charge in [0.1, 0.15) is 0 Å². The zero-order valence-corrected chi connectivity index (χ0v) is 19.1. The van der Waals surface area contributed by atoms with E-state index in [4.69, 9.17) is 33.2 Å². The molecule has 1 saturated heterocycles. The summed E-state index contributed by atoms with van der Waals surface area (Å²) in [6.07, 6.45) is 6.42. The molecule has 156 valence electrons. The van der Waals surface area contributed by atoms with Crippen LogP contribution in [0.4, 0.5) is 5.95 Å². The summed E-state index contributed by atoms with van der Waals surface area (Å²) in [7, 11) is 2.18. The third-order valence-electron chi connectivity index (χ3n) is 5.70. The Labute approximate surface area is 190 Å². The largest absolute Gasteiger partial charge is 0.351 e. The zero-order chi connectivity index (χ0) is 20.7. The van der Waals surface area contributed by atoms with Gasteiger partial charge in [0.25, 0.3) is 0 Å². The van der Waals surface area contributed by atoms with Crippen LogP contribution in [0.3, 0.4) is 0 Å². The van der Waals surface area contributed by atoms with E-state index in [9.17, 15) is 0 Å². The van der Waals surface area contributed by atoms with Crippen molar-refractivity contribution in [2.45, 2.75) is 37.6 Å². The molecule has 1 N–H and O–H groups in total. The Morgan fingerprint density at radius 2 is 1.87 bits per heavy atom. The van der Waals surface area contributed by atoms with Gasteiger partial charge in [0.15, 0.2) is 0 Å². The predicted octanol–water partition coefficient (Wildman–Crippen LogP) is 5.96. The minimum Gasteiger partial charge on any atom is -0.351 e. The van der Waals surface area contributed by atoms with Crippen molar-refractivity contribution in [3.63, 3.8) is 0 Å². The van der Waals surface area contributed by atoms with E-state index in [0.29, 0.717) is 28.0 Å². The topological polar surface area (TPSA) is 53.9 Å². The van der Waals surface area contributed by atoms with Crippen LogP contribution in [0, 0.1) is 0 Å². The molecule has 2 aliphatic rings. The molecule has 0 unspecified atom stereocenters. The highest BCUT2D eigenvalue weighted by atomic mass is 35.5. The second-order valence-electron chi connectivity index (χ2n) is 8.12. The molecule has 0 atom stereocenters. The van der Waals surface area contributed by atoms with Gasteiger partial charge in [-0.2, -0.15) is 0 Å². The highest BCUT2D eigenvalue weighted by molar-refractivity contribution is 7.15. The summed E-state index contributed by atoms with van der Waals surface area (Å²) in [6, 6.07) is 8.04. The SMILES string of the molecule is CN1CCC(c2nc(-c3ccc(Cl)cc3Cl)c(-c3ccnc(NC4CC4)n3)s2)CC1. The van der Waals surface area contributed by atoms with E-state index in [0.717, 1.165) is 52.8 Å². The Balaban J connectivity index is 1.57. The molecule has 30 heavy (non-hydrogen) atoms. The number of anilines is 1. The monoisotopic (exact) mass is 459 g/mol. The van der Waals surface area contributed by atoms with Gasteiger partial charge < -0.3 is 10.2 Å². The van der Waals surface area contributed by atoms with Crippen molar-refractivity contribution >= 4 is 40.5 Å². The number of hydrogen-bond donors (Lipinski definition) is 1. The number of rotatable bonds is 5. The van der Waals surface area contributed by atoms with E-state index in [1.165, 1.54) is 12.8 Å². The van der Waals surface area contributed by atoms with E-state index in [-0.39, 0.29) is 0 Å². The molecule has 3 heterocycles. The minimum absolute atomic E-state index is 0.468. The Kier molecular flexibility index (Phi) is 5.67. The molecule has 2 aromatic heterocycles. The highest BCUT2D eigenvalue weighted by Crippen LogP contribution is 2.43. The smallest absolute Gasteiger partial charge is 0.223 e. The number of benzene rings is 1. The molecule has 3 aromatic rings. The van der Waals surface area contributed by atoms with Crippen molar-refractivity contribution in [3.05, 3.63) is 45.5 Å². The van der Waals surface area contributed by atoms with Gasteiger partial charge in [-0.3, -0.25) is 0 Å². The molecule has 0 spiro atoms. The Morgan fingerprint density at radius 1 is 1.07 bits per heavy atom. The molecule has 1 aromatic carbocycles. The third kappa shape index (κ3) is 4.33. The average molecular weight is 460 g/mol. The fourth-order valence-electron chi connectivity index (χ4n) is 3.77. The maximum atomic E-state index is 6.57. The molecule has 5 rings (SSSR count). The van der Waals surface area contributed by atoms with Gasteiger partial charge in [0.2, 0.25) is 5.95 Å². The number of nitrogens with zero attached hydrogens (tertiary/aromatic N) is 4. The fraction of sp³-hybridized carbons (Fsp3) is 0.409. The fourth-order valence-corrected chi connectivity index (χ4v) is 5.49. The average Bonchev–Trinajstić information content (AvgIpc) is 3.44. The first-order valence-electron chi connectivity index (χ1n) is 10.3. The van der Waals surface area contributed by atoms with Gasteiger partial charge in [-0.15, -0.1) is 11.3 Å². The van der Waals surface area contributed by atoms with Crippen LogP contribution in [0.2, 0.25) is 10.0 Å². The van der Waals surface area contributed by atoms with Gasteiger partial charge in [0.05, 0.1) is 26.3 Å². The van der Waals surface area contributed by atoms with Crippen LogP contribution >= 0.6 is 34.5 Å². The zero-order valence-electron chi connectivity index (χ0n) is 16.7. The number of halogens is 2. The summed E-state index contributed by atoms with van der Waals surface area (Å²) in [5.41, 5.74) is 2.65. The summed E-state index contributed by atoms with van der Waals surface area (Å²) in [6.45, 7) is 2.19. The standard InChI is InChI=1S/C22H23Cl2N5S/c1-29-10-7-13(8-11-29)21-28-19(16-5-2-14(23)12-17(16)24)20(30-21)18-6-9-25-22(27-18)26-15-3-4-15/h2,5-6,9,12-13,15H,3-4,7-8,10-11H2,1H3,(H,25,26,27). The van der Waals surface area contributed by atoms with Crippen molar-refractivity contribution in [1.82, 2.24) is 19.9 Å². The molecular formula is C22H23Cl2N5S. The Hall–Kier alpha value is -1.73. The van der Waals surface area contributed by atoms with E-state index < -0.39 is 0 Å². The van der Waals surface area contributed by atoms with Crippen LogP contribution in [-0.2, 0) is 0 Å². The van der Waals surface area contributed by atoms with E-state index in [1.54, 1.807) is 17.4 Å². The summed E-state index contributed by atoms with van der Waals surface area (Å²) in [5, 5.41) is 5.78. The van der Waals surface area contributed by atoms with Gasteiger partial charge >= 0.3 is 0 Å². The lowest BCUT2D eigenvalue weighted by Gasteiger charge is -2.27. The van der Waals surface area contributed by atoms with Crippen molar-refractivity contribution < 1.29 is 0 Å². The first kappa shape index (κ1) is 20.2. The molecule has 1 aliphatic carbocycles. The summed E-state index contributed by atoms with van der Waals surface area (Å²) in [4.78, 5) is 17.7. The lowest BCUT2D eigenvalue weighted by molar-refractivity contribution is 0.255. The molecule has 0 bridgehead atoms. The number of thiazole rings is 1. The second kappa shape index (κ2) is 8.42. The van der Waals surface area contributed by atoms with Crippen LogP contribution < -0.4 is 5.32 Å². The van der Waals surface area contributed by atoms with E-state index in [2.05, 4.69) is 22.2 Å². The molecule has 5 nitrogen and oxygen atoms in total. The van der Waals surface area contributed by atoms with E-state index in [1.807, 2.05) is 24.4 Å². The van der Waals surface area contributed by atoms with Crippen molar-refractivity contribution in [1.29, 1.82) is 0 Å². The van der Waals surface area contributed by atoms with Crippen LogP contribution in [0.15, 0.2) is 30.5 Å². The molecule has 8 heteroatoms.